The summed E-state index contributed by atoms with van der Waals surface area (Å²) in [7, 11) is 2.20. The van der Waals surface area contributed by atoms with Gasteiger partial charge in [0.1, 0.15) is 0 Å². The van der Waals surface area contributed by atoms with Crippen molar-refractivity contribution in [1.29, 1.82) is 0 Å². The van der Waals surface area contributed by atoms with Crippen LogP contribution in [0.2, 0.25) is 0 Å². The lowest BCUT2D eigenvalue weighted by molar-refractivity contribution is 0.188. The first kappa shape index (κ1) is 15.5. The van der Waals surface area contributed by atoms with Crippen LogP contribution in [0.5, 0.6) is 0 Å². The van der Waals surface area contributed by atoms with Crippen LogP contribution < -0.4 is 0 Å². The molecule has 18 heavy (non-hydrogen) atoms. The predicted octanol–water partition coefficient (Wildman–Crippen LogP) is 3.15. The molecular formula is C15H26N2S. The van der Waals surface area contributed by atoms with Crippen molar-refractivity contribution < 1.29 is 0 Å². The van der Waals surface area contributed by atoms with Crippen LogP contribution in [0.3, 0.4) is 0 Å². The monoisotopic (exact) mass is 266 g/mol. The third-order valence-corrected chi connectivity index (χ3v) is 3.95. The molecule has 0 fully saturated rings. The highest BCUT2D eigenvalue weighted by molar-refractivity contribution is 7.80. The van der Waals surface area contributed by atoms with Crippen LogP contribution in [0, 0.1) is 11.3 Å². The molecule has 0 aliphatic rings. The van der Waals surface area contributed by atoms with Crippen molar-refractivity contribution >= 4 is 12.6 Å². The first-order valence-electron chi connectivity index (χ1n) is 6.62. The van der Waals surface area contributed by atoms with Gasteiger partial charge in [-0.05, 0) is 48.3 Å². The maximum Gasteiger partial charge on any atom is 0.0270 e. The molecule has 1 atom stereocenters. The van der Waals surface area contributed by atoms with Crippen molar-refractivity contribution in [2.24, 2.45) is 11.3 Å². The summed E-state index contributed by atoms with van der Waals surface area (Å²) in [6.45, 7) is 9.09. The Morgan fingerprint density at radius 2 is 1.89 bits per heavy atom. The Bertz CT molecular complexity index is 332. The Hall–Kier alpha value is -0.540. The molecule has 1 aromatic rings. The maximum absolute atomic E-state index is 4.49. The van der Waals surface area contributed by atoms with Crippen molar-refractivity contribution in [2.45, 2.75) is 27.2 Å². The topological polar surface area (TPSA) is 16.1 Å². The van der Waals surface area contributed by atoms with Gasteiger partial charge in [0.15, 0.2) is 0 Å². The third-order valence-electron chi connectivity index (χ3n) is 3.51. The highest BCUT2D eigenvalue weighted by Crippen LogP contribution is 2.27. The van der Waals surface area contributed by atoms with Gasteiger partial charge < -0.3 is 4.90 Å². The van der Waals surface area contributed by atoms with Crippen LogP contribution in [0.25, 0.3) is 0 Å². The van der Waals surface area contributed by atoms with E-state index in [2.05, 4.69) is 62.5 Å². The van der Waals surface area contributed by atoms with E-state index in [1.165, 1.54) is 5.56 Å². The zero-order valence-corrected chi connectivity index (χ0v) is 13.0. The Morgan fingerprint density at radius 3 is 2.39 bits per heavy atom. The average molecular weight is 266 g/mol. The van der Waals surface area contributed by atoms with Gasteiger partial charge in [-0.15, -0.1) is 0 Å². The fraction of sp³-hybridized carbons (Fsp3) is 0.667. The molecule has 0 aromatic carbocycles. The molecule has 0 saturated heterocycles. The molecule has 0 spiro atoms. The van der Waals surface area contributed by atoms with E-state index in [4.69, 9.17) is 0 Å². The molecule has 0 amide bonds. The molecule has 102 valence electrons. The van der Waals surface area contributed by atoms with E-state index in [9.17, 15) is 0 Å². The van der Waals surface area contributed by atoms with Gasteiger partial charge >= 0.3 is 0 Å². The molecule has 1 aromatic heterocycles. The molecule has 0 N–H and O–H groups in total. The summed E-state index contributed by atoms with van der Waals surface area (Å²) in [4.78, 5) is 6.45. The van der Waals surface area contributed by atoms with Crippen LogP contribution in [0.4, 0.5) is 0 Å². The second-order valence-electron chi connectivity index (χ2n) is 6.11. The van der Waals surface area contributed by atoms with Gasteiger partial charge in [0.2, 0.25) is 0 Å². The van der Waals surface area contributed by atoms with E-state index in [-0.39, 0.29) is 0 Å². The molecule has 3 heteroatoms. The predicted molar refractivity (Wildman–Crippen MR) is 82.2 cm³/mol. The zero-order valence-electron chi connectivity index (χ0n) is 12.1. The normalized spacial score (nSPS) is 13.9. The van der Waals surface area contributed by atoms with E-state index in [0.717, 1.165) is 25.3 Å². The fourth-order valence-electron chi connectivity index (χ4n) is 1.94. The number of nitrogens with zero attached hydrogens (tertiary/aromatic N) is 2. The van der Waals surface area contributed by atoms with Crippen LogP contribution in [-0.4, -0.2) is 35.8 Å². The van der Waals surface area contributed by atoms with Gasteiger partial charge in [0.25, 0.3) is 0 Å². The molecule has 2 nitrogen and oxygen atoms in total. The first-order chi connectivity index (χ1) is 8.43. The number of aromatic nitrogens is 1. The van der Waals surface area contributed by atoms with Crippen molar-refractivity contribution in [3.05, 3.63) is 30.1 Å². The highest BCUT2D eigenvalue weighted by Gasteiger charge is 2.24. The molecule has 0 bridgehead atoms. The minimum Gasteiger partial charge on any atom is -0.306 e. The SMILES string of the molecule is CN(CCc1ccncc1)CC(CS)C(C)(C)C. The fourth-order valence-corrected chi connectivity index (χ4v) is 2.61. The van der Waals surface area contributed by atoms with Crippen molar-refractivity contribution in [1.82, 2.24) is 9.88 Å². The number of hydrogen-bond donors (Lipinski definition) is 1. The molecule has 0 aliphatic heterocycles. The van der Waals surface area contributed by atoms with E-state index < -0.39 is 0 Å². The van der Waals surface area contributed by atoms with Crippen LogP contribution in [0.15, 0.2) is 24.5 Å². The summed E-state index contributed by atoms with van der Waals surface area (Å²) in [5.41, 5.74) is 1.68. The molecule has 1 rings (SSSR count). The summed E-state index contributed by atoms with van der Waals surface area (Å²) >= 11 is 4.49. The lowest BCUT2D eigenvalue weighted by Gasteiger charge is -2.33. The second-order valence-corrected chi connectivity index (χ2v) is 6.48. The largest absolute Gasteiger partial charge is 0.306 e. The average Bonchev–Trinajstić information content (AvgIpc) is 2.33. The Kier molecular flexibility index (Phi) is 6.16. The molecule has 0 radical (unpaired) electrons. The minimum absolute atomic E-state index is 0.326. The molecular weight excluding hydrogens is 240 g/mol. The molecule has 1 unspecified atom stereocenters. The lowest BCUT2D eigenvalue weighted by Crippen LogP contribution is -2.35. The van der Waals surface area contributed by atoms with Crippen LogP contribution in [-0.2, 0) is 6.42 Å². The van der Waals surface area contributed by atoms with Crippen molar-refractivity contribution in [3.63, 3.8) is 0 Å². The zero-order chi connectivity index (χ0) is 13.6. The summed E-state index contributed by atoms with van der Waals surface area (Å²) in [5.74, 6) is 1.58. The van der Waals surface area contributed by atoms with E-state index in [1.807, 2.05) is 12.4 Å². The van der Waals surface area contributed by atoms with Gasteiger partial charge in [-0.1, -0.05) is 20.8 Å². The summed E-state index contributed by atoms with van der Waals surface area (Å²) in [6, 6.07) is 4.18. The quantitative estimate of drug-likeness (QED) is 0.796. The van der Waals surface area contributed by atoms with Gasteiger partial charge in [-0.3, -0.25) is 4.98 Å². The van der Waals surface area contributed by atoms with E-state index in [1.54, 1.807) is 0 Å². The van der Waals surface area contributed by atoms with Gasteiger partial charge in [-0.25, -0.2) is 0 Å². The van der Waals surface area contributed by atoms with Gasteiger partial charge in [-0.2, -0.15) is 12.6 Å². The summed E-state index contributed by atoms with van der Waals surface area (Å²) in [5, 5.41) is 0. The Balaban J connectivity index is 2.39. The maximum atomic E-state index is 4.49. The highest BCUT2D eigenvalue weighted by atomic mass is 32.1. The van der Waals surface area contributed by atoms with Crippen molar-refractivity contribution in [3.8, 4) is 0 Å². The number of thiol groups is 1. The second kappa shape index (κ2) is 7.15. The Labute approximate surface area is 117 Å². The Morgan fingerprint density at radius 1 is 1.28 bits per heavy atom. The van der Waals surface area contributed by atoms with E-state index >= 15 is 0 Å². The third kappa shape index (κ3) is 5.40. The lowest BCUT2D eigenvalue weighted by atomic mass is 9.81. The summed E-state index contributed by atoms with van der Waals surface area (Å²) in [6.07, 6.45) is 4.81. The van der Waals surface area contributed by atoms with E-state index in [0.29, 0.717) is 11.3 Å². The minimum atomic E-state index is 0.326. The van der Waals surface area contributed by atoms with Crippen molar-refractivity contribution in [2.75, 3.05) is 25.9 Å². The summed E-state index contributed by atoms with van der Waals surface area (Å²) < 4.78 is 0. The standard InChI is InChI=1S/C15H26N2S/c1-15(2,3)14(12-18)11-17(4)10-7-13-5-8-16-9-6-13/h5-6,8-9,14,18H,7,10-12H2,1-4H3. The number of rotatable bonds is 6. The number of likely N-dealkylation sites (N-methyl/N-ethyl adjacent to an activating group) is 1. The first-order valence-corrected chi connectivity index (χ1v) is 7.25. The smallest absolute Gasteiger partial charge is 0.0270 e. The van der Waals surface area contributed by atoms with Gasteiger partial charge in [0, 0.05) is 25.5 Å². The number of hydrogen-bond acceptors (Lipinski definition) is 3. The van der Waals surface area contributed by atoms with Crippen LogP contribution >= 0.6 is 12.6 Å². The van der Waals surface area contributed by atoms with Crippen LogP contribution in [0.1, 0.15) is 26.3 Å². The molecule has 0 aliphatic carbocycles. The van der Waals surface area contributed by atoms with Gasteiger partial charge in [0.05, 0.1) is 0 Å². The molecule has 0 saturated carbocycles. The number of pyridine rings is 1. The molecule has 1 heterocycles.